The van der Waals surface area contributed by atoms with E-state index in [1.165, 1.54) is 11.3 Å². The van der Waals surface area contributed by atoms with Crippen molar-refractivity contribution in [1.29, 1.82) is 0 Å². The van der Waals surface area contributed by atoms with Crippen molar-refractivity contribution < 1.29 is 4.52 Å². The van der Waals surface area contributed by atoms with E-state index in [1.807, 2.05) is 5.38 Å². The molecule has 2 rings (SSSR count). The van der Waals surface area contributed by atoms with E-state index in [4.69, 9.17) is 10.3 Å². The Labute approximate surface area is 66.7 Å². The number of hydrogen-bond acceptors (Lipinski definition) is 5. The predicted octanol–water partition coefficient (Wildman–Crippen LogP) is 1.38. The molecular weight excluding hydrogens is 162 g/mol. The normalized spacial score (nSPS) is 10.2. The summed E-state index contributed by atoms with van der Waals surface area (Å²) in [6, 6.07) is 1.74. The lowest BCUT2D eigenvalue weighted by molar-refractivity contribution is 0.431. The molecule has 0 atom stereocenters. The summed E-state index contributed by atoms with van der Waals surface area (Å²) < 4.78 is 4.87. The summed E-state index contributed by atoms with van der Waals surface area (Å²) in [5.41, 5.74) is 6.17. The van der Waals surface area contributed by atoms with Crippen molar-refractivity contribution in [3.63, 3.8) is 0 Å². The Hall–Kier alpha value is -1.36. The van der Waals surface area contributed by atoms with Crippen LogP contribution in [0.4, 0.5) is 5.13 Å². The molecule has 0 aliphatic heterocycles. The van der Waals surface area contributed by atoms with Gasteiger partial charge in [0.1, 0.15) is 5.69 Å². The molecule has 0 bridgehead atoms. The van der Waals surface area contributed by atoms with Crippen molar-refractivity contribution in [2.24, 2.45) is 0 Å². The van der Waals surface area contributed by atoms with Gasteiger partial charge in [0, 0.05) is 11.4 Å². The Balaban J connectivity index is 2.45. The number of aromatic nitrogens is 2. The fourth-order valence-corrected chi connectivity index (χ4v) is 1.30. The summed E-state index contributed by atoms with van der Waals surface area (Å²) in [5, 5.41) is 5.92. The van der Waals surface area contributed by atoms with Crippen LogP contribution in [0.3, 0.4) is 0 Å². The molecule has 2 aromatic heterocycles. The molecule has 2 N–H and O–H groups in total. The van der Waals surface area contributed by atoms with Gasteiger partial charge in [-0.2, -0.15) is 0 Å². The van der Waals surface area contributed by atoms with Gasteiger partial charge in [-0.1, -0.05) is 5.16 Å². The van der Waals surface area contributed by atoms with E-state index in [1.54, 1.807) is 12.3 Å². The number of thiazole rings is 1. The van der Waals surface area contributed by atoms with Gasteiger partial charge in [0.25, 0.3) is 0 Å². The largest absolute Gasteiger partial charge is 0.375 e. The van der Waals surface area contributed by atoms with Gasteiger partial charge in [0.05, 0.1) is 6.20 Å². The fourth-order valence-electron chi connectivity index (χ4n) is 0.749. The van der Waals surface area contributed by atoms with Gasteiger partial charge in [-0.25, -0.2) is 4.98 Å². The lowest BCUT2D eigenvalue weighted by Crippen LogP contribution is -1.81. The van der Waals surface area contributed by atoms with Gasteiger partial charge in [0.15, 0.2) is 10.9 Å². The molecular formula is C6H5N3OS. The fraction of sp³-hybridized carbons (Fsp3) is 0. The van der Waals surface area contributed by atoms with Gasteiger partial charge in [0.2, 0.25) is 0 Å². The molecule has 0 aliphatic carbocycles. The molecule has 4 nitrogen and oxygen atoms in total. The monoisotopic (exact) mass is 167 g/mol. The molecule has 0 saturated heterocycles. The molecule has 0 radical (unpaired) electrons. The molecule has 0 fully saturated rings. The highest BCUT2D eigenvalue weighted by atomic mass is 32.1. The van der Waals surface area contributed by atoms with Crippen LogP contribution in [0.15, 0.2) is 22.2 Å². The van der Waals surface area contributed by atoms with Gasteiger partial charge in [-0.15, -0.1) is 11.3 Å². The smallest absolute Gasteiger partial charge is 0.186 e. The first-order valence-corrected chi connectivity index (χ1v) is 3.86. The van der Waals surface area contributed by atoms with Crippen molar-refractivity contribution in [3.05, 3.63) is 17.6 Å². The third-order valence-corrected chi connectivity index (χ3v) is 1.89. The van der Waals surface area contributed by atoms with E-state index >= 15 is 0 Å². The zero-order chi connectivity index (χ0) is 7.68. The summed E-state index contributed by atoms with van der Waals surface area (Å²) in [4.78, 5) is 4.02. The number of anilines is 1. The first kappa shape index (κ1) is 6.36. The van der Waals surface area contributed by atoms with Gasteiger partial charge in [-0.3, -0.25) is 0 Å². The first-order valence-electron chi connectivity index (χ1n) is 2.98. The van der Waals surface area contributed by atoms with Crippen LogP contribution < -0.4 is 5.73 Å². The summed E-state index contributed by atoms with van der Waals surface area (Å²) >= 11 is 1.38. The first-order chi connectivity index (χ1) is 5.36. The second-order valence-electron chi connectivity index (χ2n) is 1.95. The maximum atomic E-state index is 5.43. The van der Waals surface area contributed by atoms with E-state index in [-0.39, 0.29) is 0 Å². The van der Waals surface area contributed by atoms with E-state index in [2.05, 4.69) is 10.1 Å². The average molecular weight is 167 g/mol. The third kappa shape index (κ3) is 1.10. The lowest BCUT2D eigenvalue weighted by atomic mass is 10.4. The zero-order valence-corrected chi connectivity index (χ0v) is 6.34. The predicted molar refractivity (Wildman–Crippen MR) is 42.0 cm³/mol. The summed E-state index contributed by atoms with van der Waals surface area (Å²) in [5.74, 6) is 0.651. The summed E-state index contributed by atoms with van der Waals surface area (Å²) in [6.07, 6.45) is 1.57. The lowest BCUT2D eigenvalue weighted by Gasteiger charge is -1.82. The molecule has 2 heterocycles. The average Bonchev–Trinajstić information content (AvgIpc) is 2.55. The number of nitrogens with zero attached hydrogens (tertiary/aromatic N) is 2. The van der Waals surface area contributed by atoms with Crippen molar-refractivity contribution in [2.45, 2.75) is 0 Å². The highest BCUT2D eigenvalue weighted by molar-refractivity contribution is 7.13. The van der Waals surface area contributed by atoms with Crippen LogP contribution in [0.1, 0.15) is 0 Å². The van der Waals surface area contributed by atoms with Gasteiger partial charge in [-0.05, 0) is 0 Å². The molecule has 11 heavy (non-hydrogen) atoms. The van der Waals surface area contributed by atoms with Crippen LogP contribution in [0.5, 0.6) is 0 Å². The summed E-state index contributed by atoms with van der Waals surface area (Å²) in [7, 11) is 0. The van der Waals surface area contributed by atoms with Crippen LogP contribution >= 0.6 is 11.3 Å². The minimum absolute atomic E-state index is 0.538. The maximum Gasteiger partial charge on any atom is 0.186 e. The van der Waals surface area contributed by atoms with E-state index in [0.29, 0.717) is 10.9 Å². The maximum absolute atomic E-state index is 5.43. The highest BCUT2D eigenvalue weighted by Crippen LogP contribution is 2.21. The molecule has 0 spiro atoms. The van der Waals surface area contributed by atoms with Gasteiger partial charge >= 0.3 is 0 Å². The van der Waals surface area contributed by atoms with Crippen molar-refractivity contribution in [2.75, 3.05) is 5.73 Å². The Kier molecular flexibility index (Phi) is 1.36. The second-order valence-corrected chi connectivity index (χ2v) is 2.84. The standard InChI is InChI=1S/C6H5N3OS/c7-6-9-4(3-11-6)5-1-2-8-10-5/h1-3H,(H2,7,9). The number of hydrogen-bond donors (Lipinski definition) is 1. The third-order valence-electron chi connectivity index (χ3n) is 1.21. The van der Waals surface area contributed by atoms with Crippen LogP contribution in [0.2, 0.25) is 0 Å². The Morgan fingerprint density at radius 3 is 3.00 bits per heavy atom. The summed E-state index contributed by atoms with van der Waals surface area (Å²) in [6.45, 7) is 0. The van der Waals surface area contributed by atoms with Gasteiger partial charge < -0.3 is 10.3 Å². The minimum Gasteiger partial charge on any atom is -0.375 e. The molecule has 5 heteroatoms. The van der Waals surface area contributed by atoms with Crippen LogP contribution in [-0.4, -0.2) is 10.1 Å². The van der Waals surface area contributed by atoms with E-state index < -0.39 is 0 Å². The molecule has 0 aliphatic rings. The van der Waals surface area contributed by atoms with Crippen LogP contribution in [-0.2, 0) is 0 Å². The number of nitrogens with two attached hydrogens (primary N) is 1. The molecule has 2 aromatic rings. The van der Waals surface area contributed by atoms with E-state index in [9.17, 15) is 0 Å². The molecule has 0 saturated carbocycles. The molecule has 0 aromatic carbocycles. The Bertz CT molecular complexity index is 340. The number of nitrogen functional groups attached to an aromatic ring is 1. The highest BCUT2D eigenvalue weighted by Gasteiger charge is 2.04. The van der Waals surface area contributed by atoms with E-state index in [0.717, 1.165) is 5.69 Å². The van der Waals surface area contributed by atoms with Crippen LogP contribution in [0, 0.1) is 0 Å². The molecule has 0 amide bonds. The zero-order valence-electron chi connectivity index (χ0n) is 5.52. The topological polar surface area (TPSA) is 64.9 Å². The minimum atomic E-state index is 0.538. The van der Waals surface area contributed by atoms with Crippen molar-refractivity contribution in [1.82, 2.24) is 10.1 Å². The Morgan fingerprint density at radius 1 is 1.55 bits per heavy atom. The van der Waals surface area contributed by atoms with Crippen LogP contribution in [0.25, 0.3) is 11.5 Å². The Morgan fingerprint density at radius 2 is 2.45 bits per heavy atom. The van der Waals surface area contributed by atoms with Crippen molar-refractivity contribution in [3.8, 4) is 11.5 Å². The quantitative estimate of drug-likeness (QED) is 0.696. The number of rotatable bonds is 1. The SMILES string of the molecule is Nc1nc(-c2ccno2)cs1. The second kappa shape index (κ2) is 2.35. The van der Waals surface area contributed by atoms with Crippen molar-refractivity contribution >= 4 is 16.5 Å². The molecule has 0 unspecified atom stereocenters. The molecule has 56 valence electrons.